The quantitative estimate of drug-likeness (QED) is 0.867. The molecule has 7 heteroatoms. The van der Waals surface area contributed by atoms with Crippen LogP contribution >= 0.6 is 0 Å². The third kappa shape index (κ3) is 3.06. The molecule has 0 saturated carbocycles. The maximum absolute atomic E-state index is 12.1. The van der Waals surface area contributed by atoms with Crippen LogP contribution in [0, 0.1) is 13.8 Å². The topological polar surface area (TPSA) is 92.4 Å². The third-order valence-corrected chi connectivity index (χ3v) is 4.55. The molecule has 1 aromatic heterocycles. The first-order valence-electron chi connectivity index (χ1n) is 6.07. The normalized spacial score (nSPS) is 13.3. The summed E-state index contributed by atoms with van der Waals surface area (Å²) in [5.74, 6) is 0.226. The number of aliphatic hydroxyl groups is 1. The fourth-order valence-corrected chi connectivity index (χ4v) is 3.28. The number of rotatable bonds is 5. The van der Waals surface area contributed by atoms with Crippen molar-refractivity contribution in [2.24, 2.45) is 0 Å². The van der Waals surface area contributed by atoms with Crippen molar-refractivity contribution in [3.63, 3.8) is 0 Å². The highest BCUT2D eigenvalue weighted by Gasteiger charge is 2.24. The Morgan fingerprint density at radius 3 is 2.50 bits per heavy atom. The molecule has 0 aliphatic carbocycles. The molecule has 1 aromatic carbocycles. The van der Waals surface area contributed by atoms with Gasteiger partial charge < -0.3 is 9.63 Å². The van der Waals surface area contributed by atoms with Crippen molar-refractivity contribution < 1.29 is 18.0 Å². The number of hydrogen-bond donors (Lipinski definition) is 2. The molecular formula is C13H16N2O4S. The molecule has 1 atom stereocenters. The van der Waals surface area contributed by atoms with Crippen LogP contribution in [0.3, 0.4) is 0 Å². The first kappa shape index (κ1) is 14.7. The van der Waals surface area contributed by atoms with E-state index in [9.17, 15) is 13.5 Å². The minimum Gasteiger partial charge on any atom is -0.387 e. The third-order valence-electron chi connectivity index (χ3n) is 2.89. The van der Waals surface area contributed by atoms with Gasteiger partial charge in [-0.25, -0.2) is 13.1 Å². The molecule has 0 fully saturated rings. The number of nitrogens with one attached hydrogen (secondary N) is 1. The van der Waals surface area contributed by atoms with E-state index in [4.69, 9.17) is 4.52 Å². The van der Waals surface area contributed by atoms with Crippen LogP contribution in [0.1, 0.15) is 23.1 Å². The largest absolute Gasteiger partial charge is 0.387 e. The molecule has 0 radical (unpaired) electrons. The van der Waals surface area contributed by atoms with Crippen molar-refractivity contribution in [2.75, 3.05) is 6.54 Å². The van der Waals surface area contributed by atoms with Crippen molar-refractivity contribution in [2.45, 2.75) is 24.8 Å². The molecule has 2 aromatic rings. The molecule has 0 spiro atoms. The number of aryl methyl sites for hydroxylation is 2. The fourth-order valence-electron chi connectivity index (χ4n) is 1.91. The number of aromatic nitrogens is 1. The van der Waals surface area contributed by atoms with E-state index in [0.717, 1.165) is 0 Å². The van der Waals surface area contributed by atoms with Gasteiger partial charge in [-0.3, -0.25) is 0 Å². The summed E-state index contributed by atoms with van der Waals surface area (Å²) in [5, 5.41) is 13.6. The van der Waals surface area contributed by atoms with Crippen molar-refractivity contribution in [3.8, 4) is 0 Å². The average Bonchev–Trinajstić information content (AvgIpc) is 2.77. The van der Waals surface area contributed by atoms with E-state index in [0.29, 0.717) is 11.3 Å². The molecule has 0 amide bonds. The molecule has 0 aliphatic heterocycles. The van der Waals surface area contributed by atoms with E-state index in [1.54, 1.807) is 31.2 Å². The van der Waals surface area contributed by atoms with Crippen LogP contribution in [0.5, 0.6) is 0 Å². The summed E-state index contributed by atoms with van der Waals surface area (Å²) in [6.45, 7) is 2.97. The molecular weight excluding hydrogens is 280 g/mol. The lowest BCUT2D eigenvalue weighted by molar-refractivity contribution is 0.182. The predicted octanol–water partition coefficient (Wildman–Crippen LogP) is 1.30. The van der Waals surface area contributed by atoms with Gasteiger partial charge in [-0.1, -0.05) is 35.5 Å². The zero-order chi connectivity index (χ0) is 14.8. The van der Waals surface area contributed by atoms with E-state index < -0.39 is 16.1 Å². The van der Waals surface area contributed by atoms with Crippen molar-refractivity contribution >= 4 is 10.0 Å². The molecule has 2 rings (SSSR count). The molecule has 1 unspecified atom stereocenters. The van der Waals surface area contributed by atoms with Crippen molar-refractivity contribution in [3.05, 3.63) is 47.3 Å². The highest BCUT2D eigenvalue weighted by Crippen LogP contribution is 2.19. The number of hydrogen-bond acceptors (Lipinski definition) is 5. The maximum atomic E-state index is 12.1. The molecule has 1 heterocycles. The second kappa shape index (κ2) is 5.74. The zero-order valence-electron chi connectivity index (χ0n) is 11.2. The van der Waals surface area contributed by atoms with E-state index in [2.05, 4.69) is 9.88 Å². The molecule has 6 nitrogen and oxygen atoms in total. The van der Waals surface area contributed by atoms with Gasteiger partial charge in [0.1, 0.15) is 10.6 Å². The molecule has 0 saturated heterocycles. The Hall–Kier alpha value is -1.70. The first-order chi connectivity index (χ1) is 9.42. The van der Waals surface area contributed by atoms with Crippen LogP contribution < -0.4 is 4.72 Å². The van der Waals surface area contributed by atoms with Gasteiger partial charge in [0.05, 0.1) is 6.10 Å². The Morgan fingerprint density at radius 1 is 1.30 bits per heavy atom. The summed E-state index contributed by atoms with van der Waals surface area (Å²) < 4.78 is 31.5. The molecule has 2 N–H and O–H groups in total. The Kier molecular flexibility index (Phi) is 4.22. The Labute approximate surface area is 117 Å². The van der Waals surface area contributed by atoms with Crippen LogP contribution in [0.4, 0.5) is 0 Å². The first-order valence-corrected chi connectivity index (χ1v) is 7.55. The Morgan fingerprint density at radius 2 is 1.95 bits per heavy atom. The van der Waals surface area contributed by atoms with Gasteiger partial charge in [0.2, 0.25) is 10.0 Å². The SMILES string of the molecule is Cc1noc(C)c1S(=O)(=O)NCC(O)c1ccccc1. The van der Waals surface area contributed by atoms with E-state index in [-0.39, 0.29) is 17.2 Å². The van der Waals surface area contributed by atoms with Gasteiger partial charge in [0.25, 0.3) is 0 Å². The van der Waals surface area contributed by atoms with Crippen LogP contribution in [-0.2, 0) is 10.0 Å². The molecule has 0 aliphatic rings. The average molecular weight is 296 g/mol. The van der Waals surface area contributed by atoms with E-state index in [1.165, 1.54) is 6.92 Å². The van der Waals surface area contributed by atoms with Gasteiger partial charge in [-0.05, 0) is 19.4 Å². The molecule has 108 valence electrons. The summed E-state index contributed by atoms with van der Waals surface area (Å²) >= 11 is 0. The van der Waals surface area contributed by atoms with Gasteiger partial charge in [-0.15, -0.1) is 0 Å². The van der Waals surface area contributed by atoms with Gasteiger partial charge in [-0.2, -0.15) is 0 Å². The lowest BCUT2D eigenvalue weighted by Crippen LogP contribution is -2.29. The highest BCUT2D eigenvalue weighted by atomic mass is 32.2. The van der Waals surface area contributed by atoms with Gasteiger partial charge in [0, 0.05) is 6.54 Å². The van der Waals surface area contributed by atoms with Crippen molar-refractivity contribution in [1.29, 1.82) is 0 Å². The van der Waals surface area contributed by atoms with Crippen LogP contribution in [0.15, 0.2) is 39.8 Å². The summed E-state index contributed by atoms with van der Waals surface area (Å²) in [6.07, 6.45) is -0.911. The van der Waals surface area contributed by atoms with E-state index >= 15 is 0 Å². The summed E-state index contributed by atoms with van der Waals surface area (Å²) in [7, 11) is -3.75. The number of nitrogens with zero attached hydrogens (tertiary/aromatic N) is 1. The molecule has 20 heavy (non-hydrogen) atoms. The standard InChI is InChI=1S/C13H16N2O4S/c1-9-13(10(2)19-15-9)20(17,18)14-8-12(16)11-6-4-3-5-7-11/h3-7,12,14,16H,8H2,1-2H3. The summed E-state index contributed by atoms with van der Waals surface area (Å²) in [5.41, 5.74) is 0.943. The predicted molar refractivity (Wildman–Crippen MR) is 72.6 cm³/mol. The fraction of sp³-hybridized carbons (Fsp3) is 0.308. The van der Waals surface area contributed by atoms with Gasteiger partial charge >= 0.3 is 0 Å². The summed E-state index contributed by atoms with van der Waals surface area (Å²) in [4.78, 5) is 0.0257. The maximum Gasteiger partial charge on any atom is 0.246 e. The summed E-state index contributed by atoms with van der Waals surface area (Å²) in [6, 6.07) is 8.84. The minimum absolute atomic E-state index is 0.0257. The Bertz CT molecular complexity index is 660. The number of aliphatic hydroxyl groups excluding tert-OH is 1. The minimum atomic E-state index is -3.75. The monoisotopic (exact) mass is 296 g/mol. The lowest BCUT2D eigenvalue weighted by atomic mass is 10.1. The Balaban J connectivity index is 2.11. The second-order valence-corrected chi connectivity index (χ2v) is 6.14. The van der Waals surface area contributed by atoms with Crippen molar-refractivity contribution in [1.82, 2.24) is 9.88 Å². The lowest BCUT2D eigenvalue weighted by Gasteiger charge is -2.12. The van der Waals surface area contributed by atoms with Crippen LogP contribution in [-0.4, -0.2) is 25.2 Å². The molecule has 0 bridgehead atoms. The highest BCUT2D eigenvalue weighted by molar-refractivity contribution is 7.89. The second-order valence-electron chi connectivity index (χ2n) is 4.43. The van der Waals surface area contributed by atoms with Crippen LogP contribution in [0.2, 0.25) is 0 Å². The van der Waals surface area contributed by atoms with E-state index in [1.807, 2.05) is 6.07 Å². The number of benzene rings is 1. The van der Waals surface area contributed by atoms with Gasteiger partial charge in [0.15, 0.2) is 5.76 Å². The smallest absolute Gasteiger partial charge is 0.246 e. The zero-order valence-corrected chi connectivity index (χ0v) is 12.0. The van der Waals surface area contributed by atoms with Crippen LogP contribution in [0.25, 0.3) is 0 Å². The number of sulfonamides is 1.